The monoisotopic (exact) mass is 312 g/mol. The van der Waals surface area contributed by atoms with E-state index < -0.39 is 22.6 Å². The van der Waals surface area contributed by atoms with Gasteiger partial charge in [-0.25, -0.2) is 8.78 Å². The van der Waals surface area contributed by atoms with Crippen LogP contribution in [0.25, 0.3) is 0 Å². The molecule has 2 aromatic rings. The van der Waals surface area contributed by atoms with Gasteiger partial charge in [-0.1, -0.05) is 23.7 Å². The molecule has 0 spiro atoms. The molecule has 21 heavy (non-hydrogen) atoms. The second-order valence-corrected chi connectivity index (χ2v) is 4.84. The lowest BCUT2D eigenvalue weighted by atomic mass is 10.1. The summed E-state index contributed by atoms with van der Waals surface area (Å²) in [5.74, 6) is -1.87. The summed E-state index contributed by atoms with van der Waals surface area (Å²) in [4.78, 5) is 10.1. The number of anilines is 1. The van der Waals surface area contributed by atoms with Crippen molar-refractivity contribution in [1.82, 2.24) is 0 Å². The van der Waals surface area contributed by atoms with Crippen LogP contribution in [0, 0.1) is 21.7 Å². The predicted molar refractivity (Wildman–Crippen MR) is 76.5 cm³/mol. The molecule has 0 radical (unpaired) electrons. The van der Waals surface area contributed by atoms with E-state index in [-0.39, 0.29) is 16.3 Å². The molecule has 110 valence electrons. The van der Waals surface area contributed by atoms with Gasteiger partial charge in [0.05, 0.1) is 21.7 Å². The van der Waals surface area contributed by atoms with Gasteiger partial charge in [0.1, 0.15) is 0 Å². The zero-order chi connectivity index (χ0) is 15.6. The van der Waals surface area contributed by atoms with Crippen molar-refractivity contribution in [1.29, 1.82) is 0 Å². The lowest BCUT2D eigenvalue weighted by Gasteiger charge is -2.17. The van der Waals surface area contributed by atoms with Gasteiger partial charge < -0.3 is 5.32 Å². The van der Waals surface area contributed by atoms with E-state index in [9.17, 15) is 18.9 Å². The summed E-state index contributed by atoms with van der Waals surface area (Å²) < 4.78 is 26.9. The van der Waals surface area contributed by atoms with Crippen molar-refractivity contribution < 1.29 is 13.7 Å². The summed E-state index contributed by atoms with van der Waals surface area (Å²) in [6.07, 6.45) is 0. The normalized spacial score (nSPS) is 12.0. The minimum absolute atomic E-state index is 0.132. The number of non-ortho nitro benzene ring substituents is 1. The van der Waals surface area contributed by atoms with Crippen molar-refractivity contribution in [2.45, 2.75) is 13.0 Å². The molecule has 0 aliphatic carbocycles. The van der Waals surface area contributed by atoms with Gasteiger partial charge in [-0.05, 0) is 19.1 Å². The lowest BCUT2D eigenvalue weighted by molar-refractivity contribution is -0.384. The highest BCUT2D eigenvalue weighted by molar-refractivity contribution is 6.33. The van der Waals surface area contributed by atoms with Crippen LogP contribution < -0.4 is 5.32 Å². The third-order valence-electron chi connectivity index (χ3n) is 2.98. The Labute approximate surface area is 124 Å². The summed E-state index contributed by atoms with van der Waals surface area (Å²) in [7, 11) is 0. The molecule has 1 N–H and O–H groups in total. The van der Waals surface area contributed by atoms with E-state index in [1.807, 2.05) is 0 Å². The largest absolute Gasteiger partial charge is 0.377 e. The first-order valence-electron chi connectivity index (χ1n) is 6.04. The summed E-state index contributed by atoms with van der Waals surface area (Å²) in [5, 5.41) is 13.7. The molecule has 4 nitrogen and oxygen atoms in total. The molecule has 0 aromatic heterocycles. The Morgan fingerprint density at radius 1 is 1.29 bits per heavy atom. The molecule has 2 aromatic carbocycles. The number of nitrogens with one attached hydrogen (secondary N) is 1. The minimum Gasteiger partial charge on any atom is -0.377 e. The van der Waals surface area contributed by atoms with Crippen LogP contribution in [0.3, 0.4) is 0 Å². The van der Waals surface area contributed by atoms with Gasteiger partial charge in [-0.15, -0.1) is 0 Å². The zero-order valence-electron chi connectivity index (χ0n) is 10.9. The molecule has 0 heterocycles. The van der Waals surface area contributed by atoms with Crippen LogP contribution >= 0.6 is 11.6 Å². The third-order valence-corrected chi connectivity index (χ3v) is 3.30. The highest BCUT2D eigenvalue weighted by Gasteiger charge is 2.16. The van der Waals surface area contributed by atoms with Gasteiger partial charge in [-0.2, -0.15) is 0 Å². The van der Waals surface area contributed by atoms with E-state index >= 15 is 0 Å². The van der Waals surface area contributed by atoms with Gasteiger partial charge in [0, 0.05) is 17.7 Å². The van der Waals surface area contributed by atoms with Crippen LogP contribution in [0.2, 0.25) is 5.02 Å². The first-order chi connectivity index (χ1) is 9.90. The number of benzene rings is 2. The number of rotatable bonds is 4. The summed E-state index contributed by atoms with van der Waals surface area (Å²) in [6, 6.07) is 7.23. The first-order valence-corrected chi connectivity index (χ1v) is 6.42. The average molecular weight is 313 g/mol. The number of nitro groups is 1. The number of hydrogen-bond acceptors (Lipinski definition) is 3. The maximum Gasteiger partial charge on any atom is 0.271 e. The molecule has 1 atom stereocenters. The fraction of sp³-hybridized carbons (Fsp3) is 0.143. The highest BCUT2D eigenvalue weighted by atomic mass is 35.5. The molecule has 1 unspecified atom stereocenters. The van der Waals surface area contributed by atoms with E-state index in [1.54, 1.807) is 6.92 Å². The van der Waals surface area contributed by atoms with Gasteiger partial charge in [0.25, 0.3) is 5.69 Å². The van der Waals surface area contributed by atoms with Crippen molar-refractivity contribution in [3.8, 4) is 0 Å². The smallest absolute Gasteiger partial charge is 0.271 e. The van der Waals surface area contributed by atoms with Crippen LogP contribution in [0.1, 0.15) is 18.5 Å². The molecule has 0 fully saturated rings. The maximum atomic E-state index is 13.7. The highest BCUT2D eigenvalue weighted by Crippen LogP contribution is 2.30. The topological polar surface area (TPSA) is 55.2 Å². The van der Waals surface area contributed by atoms with E-state index in [0.717, 1.165) is 6.07 Å². The number of halogens is 3. The Bertz CT molecular complexity index is 695. The second kappa shape index (κ2) is 6.05. The number of nitro benzene ring substituents is 1. The molecule has 0 aliphatic heterocycles. The summed E-state index contributed by atoms with van der Waals surface area (Å²) in [5.41, 5.74) is 0.401. The Hall–Kier alpha value is -2.21. The van der Waals surface area contributed by atoms with E-state index in [4.69, 9.17) is 11.6 Å². The quantitative estimate of drug-likeness (QED) is 0.657. The van der Waals surface area contributed by atoms with E-state index in [0.29, 0.717) is 5.69 Å². The molecule has 7 heteroatoms. The average Bonchev–Trinajstić information content (AvgIpc) is 2.43. The first kappa shape index (κ1) is 15.2. The molecule has 0 bridgehead atoms. The zero-order valence-corrected chi connectivity index (χ0v) is 11.7. The van der Waals surface area contributed by atoms with Gasteiger partial charge in [-0.3, -0.25) is 10.1 Å². The van der Waals surface area contributed by atoms with Crippen LogP contribution in [0.15, 0.2) is 36.4 Å². The molecule has 0 amide bonds. The Kier molecular flexibility index (Phi) is 4.37. The van der Waals surface area contributed by atoms with E-state index in [2.05, 4.69) is 5.32 Å². The van der Waals surface area contributed by atoms with Crippen molar-refractivity contribution in [3.63, 3.8) is 0 Å². The molecular weight excluding hydrogens is 302 g/mol. The minimum atomic E-state index is -0.935. The molecule has 2 rings (SSSR count). The Balaban J connectivity index is 2.25. The van der Waals surface area contributed by atoms with E-state index in [1.165, 1.54) is 30.3 Å². The summed E-state index contributed by atoms with van der Waals surface area (Å²) >= 11 is 5.94. The number of nitrogens with zero attached hydrogens (tertiary/aromatic N) is 1. The lowest BCUT2D eigenvalue weighted by Crippen LogP contribution is -2.10. The van der Waals surface area contributed by atoms with Crippen LogP contribution in [-0.2, 0) is 0 Å². The van der Waals surface area contributed by atoms with Gasteiger partial charge in [0.15, 0.2) is 11.6 Å². The fourth-order valence-electron chi connectivity index (χ4n) is 1.90. The Morgan fingerprint density at radius 3 is 2.62 bits per heavy atom. The molecular formula is C14H11ClF2N2O2. The molecule has 0 saturated carbocycles. The van der Waals surface area contributed by atoms with Crippen LogP contribution in [0.4, 0.5) is 20.2 Å². The Morgan fingerprint density at radius 2 is 2.00 bits per heavy atom. The van der Waals surface area contributed by atoms with Gasteiger partial charge >= 0.3 is 0 Å². The maximum absolute atomic E-state index is 13.7. The van der Waals surface area contributed by atoms with Gasteiger partial charge in [0.2, 0.25) is 0 Å². The molecule has 0 saturated heterocycles. The van der Waals surface area contributed by atoms with Crippen molar-refractivity contribution >= 4 is 23.0 Å². The van der Waals surface area contributed by atoms with Crippen molar-refractivity contribution in [2.24, 2.45) is 0 Å². The van der Waals surface area contributed by atoms with Crippen LogP contribution in [0.5, 0.6) is 0 Å². The molecule has 0 aliphatic rings. The second-order valence-electron chi connectivity index (χ2n) is 4.43. The van der Waals surface area contributed by atoms with Crippen molar-refractivity contribution in [2.75, 3.05) is 5.32 Å². The standard InChI is InChI=1S/C14H11ClF2N2O2/c1-8(10-3-2-4-12(16)14(10)17)18-13-6-5-9(19(20)21)7-11(13)15/h2-8,18H,1H3. The predicted octanol–water partition coefficient (Wildman–Crippen LogP) is 4.70. The summed E-state index contributed by atoms with van der Waals surface area (Å²) in [6.45, 7) is 1.63. The fourth-order valence-corrected chi connectivity index (χ4v) is 2.13. The van der Waals surface area contributed by atoms with Crippen molar-refractivity contribution in [3.05, 3.63) is 68.7 Å². The third kappa shape index (κ3) is 3.28. The number of hydrogen-bond donors (Lipinski definition) is 1. The SMILES string of the molecule is CC(Nc1ccc([N+](=O)[O-])cc1Cl)c1cccc(F)c1F. The van der Waals surface area contributed by atoms with Crippen LogP contribution in [-0.4, -0.2) is 4.92 Å².